The van der Waals surface area contributed by atoms with Crippen LogP contribution < -0.4 is 4.90 Å². The van der Waals surface area contributed by atoms with Gasteiger partial charge in [-0.2, -0.15) is 18.4 Å². The minimum absolute atomic E-state index is 0.00256. The number of hydrogen-bond acceptors (Lipinski definition) is 6. The largest absolute Gasteiger partial charge is 0.451 e. The zero-order valence-electron chi connectivity index (χ0n) is 18.8. The first kappa shape index (κ1) is 23.4. The van der Waals surface area contributed by atoms with Crippen LogP contribution in [0.1, 0.15) is 37.0 Å². The van der Waals surface area contributed by atoms with E-state index in [0.29, 0.717) is 30.0 Å². The average Bonchev–Trinajstić information content (AvgIpc) is 3.27. The smallest absolute Gasteiger partial charge is 0.367 e. The van der Waals surface area contributed by atoms with Gasteiger partial charge in [-0.1, -0.05) is 11.6 Å². The second-order valence-electron chi connectivity index (χ2n) is 8.91. The number of alkyl halides is 3. The van der Waals surface area contributed by atoms with E-state index in [1.165, 1.54) is 0 Å². The summed E-state index contributed by atoms with van der Waals surface area (Å²) in [5.41, 5.74) is 1.92. The molecule has 3 aromatic rings. The minimum atomic E-state index is -4.58. The number of fused-ring (bicyclic) bond motifs is 2. The van der Waals surface area contributed by atoms with Gasteiger partial charge in [0.15, 0.2) is 5.82 Å². The van der Waals surface area contributed by atoms with Crippen LogP contribution in [0.4, 0.5) is 18.9 Å². The fourth-order valence-electron chi connectivity index (χ4n) is 5.08. The van der Waals surface area contributed by atoms with Gasteiger partial charge in [0.25, 0.3) is 0 Å². The summed E-state index contributed by atoms with van der Waals surface area (Å²) in [6.07, 6.45) is -1.93. The first-order valence-corrected chi connectivity index (χ1v) is 11.6. The quantitative estimate of drug-likeness (QED) is 0.524. The van der Waals surface area contributed by atoms with E-state index in [-0.39, 0.29) is 43.3 Å². The van der Waals surface area contributed by atoms with E-state index in [0.717, 1.165) is 21.2 Å². The van der Waals surface area contributed by atoms with Crippen LogP contribution in [-0.2, 0) is 24.1 Å². The van der Waals surface area contributed by atoms with Gasteiger partial charge >= 0.3 is 6.18 Å². The number of hydrogen-bond donors (Lipinski definition) is 0. The molecule has 1 aromatic carbocycles. The van der Waals surface area contributed by atoms with Crippen molar-refractivity contribution in [3.8, 4) is 6.07 Å². The van der Waals surface area contributed by atoms with Crippen molar-refractivity contribution in [1.82, 2.24) is 24.6 Å². The molecule has 0 bridgehead atoms. The zero-order valence-corrected chi connectivity index (χ0v) is 19.5. The molecule has 0 spiro atoms. The van der Waals surface area contributed by atoms with Gasteiger partial charge in [0.2, 0.25) is 11.7 Å². The third kappa shape index (κ3) is 4.16. The van der Waals surface area contributed by atoms with Crippen molar-refractivity contribution in [3.05, 3.63) is 46.6 Å². The van der Waals surface area contributed by atoms with Crippen LogP contribution in [0, 0.1) is 17.2 Å². The van der Waals surface area contributed by atoms with E-state index in [1.807, 2.05) is 13.0 Å². The van der Waals surface area contributed by atoms with Crippen molar-refractivity contribution in [2.45, 2.75) is 45.1 Å². The highest BCUT2D eigenvalue weighted by Crippen LogP contribution is 2.37. The molecular formula is C23H21ClF3N7O. The molecule has 35 heavy (non-hydrogen) atoms. The number of nitriles is 1. The molecule has 2 aliphatic rings. The Bertz CT molecular complexity index is 1350. The lowest BCUT2D eigenvalue weighted by Crippen LogP contribution is -2.48. The first-order chi connectivity index (χ1) is 16.7. The molecule has 1 amide bonds. The van der Waals surface area contributed by atoms with Gasteiger partial charge in [-0.15, -0.1) is 10.2 Å². The standard InChI is InChI=1S/C23H21ClF3N7O/c1-13-8-14(21(35)32-6-7-34-19(12-32)30-31-22(34)23(25,26)27)4-5-33(13)20-15(10-28)11-29-18-3-2-16(24)9-17(18)20/h2-3,9,11,13-14H,4-8,12H2,1H3. The number of benzene rings is 1. The lowest BCUT2D eigenvalue weighted by Gasteiger charge is -2.41. The number of nitrogens with zero attached hydrogens (tertiary/aromatic N) is 7. The Kier molecular flexibility index (Phi) is 5.79. The summed E-state index contributed by atoms with van der Waals surface area (Å²) >= 11 is 6.22. The molecule has 0 aliphatic carbocycles. The Hall–Kier alpha value is -3.39. The van der Waals surface area contributed by atoms with E-state index < -0.39 is 12.0 Å². The van der Waals surface area contributed by atoms with Crippen LogP contribution in [-0.4, -0.2) is 49.7 Å². The van der Waals surface area contributed by atoms with Crippen molar-refractivity contribution in [2.75, 3.05) is 18.0 Å². The Labute approximate surface area is 203 Å². The fraction of sp³-hybridized carbons (Fsp3) is 0.435. The number of aromatic nitrogens is 4. The third-order valence-electron chi connectivity index (χ3n) is 6.75. The van der Waals surface area contributed by atoms with E-state index >= 15 is 0 Å². The van der Waals surface area contributed by atoms with Gasteiger partial charge in [0.05, 0.1) is 23.3 Å². The Morgan fingerprint density at radius 1 is 1.23 bits per heavy atom. The second kappa shape index (κ2) is 8.68. The monoisotopic (exact) mass is 503 g/mol. The second-order valence-corrected chi connectivity index (χ2v) is 9.34. The number of rotatable bonds is 2. The van der Waals surface area contributed by atoms with Crippen LogP contribution in [0.3, 0.4) is 0 Å². The normalized spacial score (nSPS) is 20.6. The summed E-state index contributed by atoms with van der Waals surface area (Å²) < 4.78 is 40.4. The molecule has 182 valence electrons. The van der Waals surface area contributed by atoms with Gasteiger partial charge in [0, 0.05) is 48.2 Å². The molecule has 8 nitrogen and oxygen atoms in total. The number of amides is 1. The van der Waals surface area contributed by atoms with Crippen LogP contribution >= 0.6 is 11.6 Å². The van der Waals surface area contributed by atoms with Crippen LogP contribution in [0.25, 0.3) is 10.9 Å². The SMILES string of the molecule is CC1CC(C(=O)N2CCn3c(nnc3C(F)(F)F)C2)CCN1c1c(C#N)cnc2ccc(Cl)cc12. The maximum Gasteiger partial charge on any atom is 0.451 e. The maximum atomic E-state index is 13.3. The van der Waals surface area contributed by atoms with Crippen LogP contribution in [0.5, 0.6) is 0 Å². The fourth-order valence-corrected chi connectivity index (χ4v) is 5.26. The summed E-state index contributed by atoms with van der Waals surface area (Å²) in [6.45, 7) is 2.72. The summed E-state index contributed by atoms with van der Waals surface area (Å²) in [5.74, 6) is -1.26. The van der Waals surface area contributed by atoms with Crippen molar-refractivity contribution >= 4 is 34.1 Å². The maximum absolute atomic E-state index is 13.3. The Morgan fingerprint density at radius 3 is 2.74 bits per heavy atom. The number of carbonyl (C=O) groups excluding carboxylic acids is 1. The number of pyridine rings is 1. The van der Waals surface area contributed by atoms with Crippen molar-refractivity contribution in [2.24, 2.45) is 5.92 Å². The van der Waals surface area contributed by atoms with E-state index in [1.54, 1.807) is 23.2 Å². The molecule has 1 saturated heterocycles. The highest BCUT2D eigenvalue weighted by molar-refractivity contribution is 6.31. The van der Waals surface area contributed by atoms with Gasteiger partial charge in [-0.05, 0) is 38.0 Å². The van der Waals surface area contributed by atoms with Gasteiger partial charge < -0.3 is 14.4 Å². The first-order valence-electron chi connectivity index (χ1n) is 11.2. The number of piperidine rings is 1. The molecule has 0 N–H and O–H groups in total. The van der Waals surface area contributed by atoms with Crippen molar-refractivity contribution in [3.63, 3.8) is 0 Å². The lowest BCUT2D eigenvalue weighted by molar-refractivity contribution is -0.148. The molecule has 1 fully saturated rings. The molecule has 5 rings (SSSR count). The predicted octanol–water partition coefficient (Wildman–Crippen LogP) is 4.02. The molecular weight excluding hydrogens is 483 g/mol. The molecule has 12 heteroatoms. The molecule has 4 heterocycles. The predicted molar refractivity (Wildman–Crippen MR) is 121 cm³/mol. The molecule has 2 aromatic heterocycles. The molecule has 2 unspecified atom stereocenters. The number of anilines is 1. The topological polar surface area (TPSA) is 90.9 Å². The summed E-state index contributed by atoms with van der Waals surface area (Å²) in [4.78, 5) is 21.3. The molecule has 0 saturated carbocycles. The highest BCUT2D eigenvalue weighted by Gasteiger charge is 2.41. The molecule has 0 radical (unpaired) electrons. The van der Waals surface area contributed by atoms with E-state index in [2.05, 4.69) is 26.2 Å². The number of carbonyl (C=O) groups is 1. The third-order valence-corrected chi connectivity index (χ3v) is 6.99. The lowest BCUT2D eigenvalue weighted by atomic mass is 9.89. The Morgan fingerprint density at radius 2 is 2.03 bits per heavy atom. The molecule has 2 aliphatic heterocycles. The summed E-state index contributed by atoms with van der Waals surface area (Å²) in [5, 5.41) is 18.0. The average molecular weight is 504 g/mol. The van der Waals surface area contributed by atoms with Crippen LogP contribution in [0.15, 0.2) is 24.4 Å². The Balaban J connectivity index is 1.34. The van der Waals surface area contributed by atoms with Gasteiger partial charge in [-0.3, -0.25) is 9.78 Å². The van der Waals surface area contributed by atoms with Crippen molar-refractivity contribution in [1.29, 1.82) is 5.26 Å². The zero-order chi connectivity index (χ0) is 24.9. The molecule has 2 atom stereocenters. The number of halogens is 4. The van der Waals surface area contributed by atoms with E-state index in [9.17, 15) is 23.2 Å². The summed E-state index contributed by atoms with van der Waals surface area (Å²) in [7, 11) is 0. The summed E-state index contributed by atoms with van der Waals surface area (Å²) in [6, 6.07) is 7.51. The van der Waals surface area contributed by atoms with Gasteiger partial charge in [-0.25, -0.2) is 0 Å². The minimum Gasteiger partial charge on any atom is -0.367 e. The van der Waals surface area contributed by atoms with E-state index in [4.69, 9.17) is 11.6 Å². The van der Waals surface area contributed by atoms with Gasteiger partial charge in [0.1, 0.15) is 6.07 Å². The van der Waals surface area contributed by atoms with Crippen molar-refractivity contribution < 1.29 is 18.0 Å². The van der Waals surface area contributed by atoms with Crippen LogP contribution in [0.2, 0.25) is 5.02 Å². The highest BCUT2D eigenvalue weighted by atomic mass is 35.5.